The average molecular weight is 189 g/mol. The number of aryl methyl sites for hydroxylation is 1. The van der Waals surface area contributed by atoms with Crippen molar-refractivity contribution in [2.45, 2.75) is 25.7 Å². The minimum Gasteiger partial charge on any atom is -0.319 e. The zero-order valence-electron chi connectivity index (χ0n) is 9.30. The maximum Gasteiger partial charge on any atom is -0.00148 e. The van der Waals surface area contributed by atoms with Crippen LogP contribution in [0.3, 0.4) is 0 Å². The molecule has 0 amide bonds. The molecule has 1 aliphatic rings. The summed E-state index contributed by atoms with van der Waals surface area (Å²) in [4.78, 5) is 0. The topological polar surface area (TPSA) is 12.0 Å². The summed E-state index contributed by atoms with van der Waals surface area (Å²) in [5.41, 5.74) is 3.33. The van der Waals surface area contributed by atoms with Gasteiger partial charge in [-0.15, -0.1) is 0 Å². The Bertz CT molecular complexity index is 332. The van der Waals surface area contributed by atoms with E-state index in [-0.39, 0.29) is 0 Å². The van der Waals surface area contributed by atoms with Crippen LogP contribution in [0.4, 0.5) is 0 Å². The highest BCUT2D eigenvalue weighted by molar-refractivity contribution is 5.35. The molecule has 0 aromatic heterocycles. The summed E-state index contributed by atoms with van der Waals surface area (Å²) in [5, 5.41) is 3.27. The lowest BCUT2D eigenvalue weighted by atomic mass is 9.94. The van der Waals surface area contributed by atoms with Crippen LogP contribution in [-0.4, -0.2) is 13.6 Å². The summed E-state index contributed by atoms with van der Waals surface area (Å²) in [6.07, 6.45) is 1.33. The molecule has 1 nitrogen and oxygen atoms in total. The summed E-state index contributed by atoms with van der Waals surface area (Å²) < 4.78 is 0. The molecular weight excluding hydrogens is 170 g/mol. The van der Waals surface area contributed by atoms with E-state index in [1.54, 1.807) is 0 Å². The minimum atomic E-state index is 0.440. The quantitative estimate of drug-likeness (QED) is 0.770. The van der Waals surface area contributed by atoms with Gasteiger partial charge >= 0.3 is 0 Å². The molecule has 0 heterocycles. The molecule has 1 aliphatic carbocycles. The molecule has 0 spiro atoms. The Morgan fingerprint density at radius 2 is 2.29 bits per heavy atom. The third kappa shape index (κ3) is 1.57. The van der Waals surface area contributed by atoms with E-state index >= 15 is 0 Å². The van der Waals surface area contributed by atoms with Crippen LogP contribution in [0.5, 0.6) is 0 Å². The summed E-state index contributed by atoms with van der Waals surface area (Å²) in [6, 6.07) is 8.94. The van der Waals surface area contributed by atoms with E-state index in [4.69, 9.17) is 0 Å². The van der Waals surface area contributed by atoms with Crippen molar-refractivity contribution in [1.29, 1.82) is 0 Å². The van der Waals surface area contributed by atoms with Crippen LogP contribution in [0.2, 0.25) is 0 Å². The zero-order chi connectivity index (χ0) is 10.2. The largest absolute Gasteiger partial charge is 0.319 e. The van der Waals surface area contributed by atoms with E-state index in [2.05, 4.69) is 43.4 Å². The van der Waals surface area contributed by atoms with Crippen molar-refractivity contribution < 1.29 is 0 Å². The molecule has 0 bridgehead atoms. The van der Waals surface area contributed by atoms with Crippen molar-refractivity contribution in [1.82, 2.24) is 5.32 Å². The predicted molar refractivity (Wildman–Crippen MR) is 60.6 cm³/mol. The molecule has 1 aromatic carbocycles. The Morgan fingerprint density at radius 1 is 1.50 bits per heavy atom. The molecule has 1 fully saturated rings. The molecule has 1 aromatic rings. The average Bonchev–Trinajstić information content (AvgIpc) is 2.79. The number of benzene rings is 1. The van der Waals surface area contributed by atoms with Crippen LogP contribution in [0, 0.1) is 12.8 Å². The van der Waals surface area contributed by atoms with Crippen LogP contribution in [0.1, 0.15) is 24.5 Å². The lowest BCUT2D eigenvalue weighted by Gasteiger charge is -2.12. The summed E-state index contributed by atoms with van der Waals surface area (Å²) in [5.74, 6) is 0.828. The molecule has 1 heteroatoms. The first-order valence-electron chi connectivity index (χ1n) is 5.38. The minimum absolute atomic E-state index is 0.440. The maximum atomic E-state index is 3.27. The van der Waals surface area contributed by atoms with Crippen LogP contribution >= 0.6 is 0 Å². The van der Waals surface area contributed by atoms with E-state index in [1.807, 2.05) is 7.05 Å². The van der Waals surface area contributed by atoms with Gasteiger partial charge in [-0.2, -0.15) is 0 Å². The second kappa shape index (κ2) is 3.39. The predicted octanol–water partition coefficient (Wildman–Crippen LogP) is 2.49. The van der Waals surface area contributed by atoms with Gasteiger partial charge in [0.25, 0.3) is 0 Å². The molecule has 0 radical (unpaired) electrons. The number of rotatable bonds is 3. The lowest BCUT2D eigenvalue weighted by Crippen LogP contribution is -2.15. The highest BCUT2D eigenvalue weighted by atomic mass is 14.8. The highest BCUT2D eigenvalue weighted by Crippen LogP contribution is 2.53. The van der Waals surface area contributed by atoms with Crippen molar-refractivity contribution in [3.05, 3.63) is 35.4 Å². The van der Waals surface area contributed by atoms with E-state index in [0.717, 1.165) is 12.5 Å². The Balaban J connectivity index is 2.17. The Hall–Kier alpha value is -0.820. The highest BCUT2D eigenvalue weighted by Gasteiger charge is 2.50. The molecule has 2 atom stereocenters. The van der Waals surface area contributed by atoms with Gasteiger partial charge in [-0.05, 0) is 43.8 Å². The third-order valence-corrected chi connectivity index (χ3v) is 3.54. The molecule has 1 N–H and O–H groups in total. The summed E-state index contributed by atoms with van der Waals surface area (Å²) in [6.45, 7) is 5.69. The van der Waals surface area contributed by atoms with Gasteiger partial charge in [-0.25, -0.2) is 0 Å². The van der Waals surface area contributed by atoms with Gasteiger partial charge in [0.2, 0.25) is 0 Å². The fourth-order valence-electron chi connectivity index (χ4n) is 2.35. The van der Waals surface area contributed by atoms with Gasteiger partial charge < -0.3 is 5.32 Å². The van der Waals surface area contributed by atoms with Crippen molar-refractivity contribution in [2.75, 3.05) is 13.6 Å². The Kier molecular flexibility index (Phi) is 2.36. The van der Waals surface area contributed by atoms with Crippen LogP contribution < -0.4 is 5.32 Å². The molecule has 2 rings (SSSR count). The number of hydrogen-bond donors (Lipinski definition) is 1. The zero-order valence-corrected chi connectivity index (χ0v) is 9.30. The van der Waals surface area contributed by atoms with Gasteiger partial charge in [0.05, 0.1) is 0 Å². The molecule has 0 aliphatic heterocycles. The Morgan fingerprint density at radius 3 is 2.93 bits per heavy atom. The third-order valence-electron chi connectivity index (χ3n) is 3.54. The smallest absolute Gasteiger partial charge is 0.00148 e. The van der Waals surface area contributed by atoms with Crippen LogP contribution in [-0.2, 0) is 5.41 Å². The van der Waals surface area contributed by atoms with E-state index in [9.17, 15) is 0 Å². The van der Waals surface area contributed by atoms with Crippen LogP contribution in [0.15, 0.2) is 24.3 Å². The van der Waals surface area contributed by atoms with Gasteiger partial charge in [-0.3, -0.25) is 0 Å². The van der Waals surface area contributed by atoms with E-state index in [0.29, 0.717) is 5.41 Å². The van der Waals surface area contributed by atoms with Crippen molar-refractivity contribution in [3.63, 3.8) is 0 Å². The van der Waals surface area contributed by atoms with Gasteiger partial charge in [0.1, 0.15) is 0 Å². The Labute approximate surface area is 86.5 Å². The van der Waals surface area contributed by atoms with E-state index < -0.39 is 0 Å². The molecule has 1 saturated carbocycles. The lowest BCUT2D eigenvalue weighted by molar-refractivity contribution is 0.617. The molecular formula is C13H19N. The van der Waals surface area contributed by atoms with Crippen molar-refractivity contribution in [3.8, 4) is 0 Å². The molecule has 0 saturated heterocycles. The standard InChI is InChI=1S/C13H19N/c1-10-5-4-6-11(7-10)13(2)8-12(13)9-14-3/h4-7,12,14H,8-9H2,1-3H3. The van der Waals surface area contributed by atoms with Crippen molar-refractivity contribution in [2.24, 2.45) is 5.92 Å². The van der Waals surface area contributed by atoms with Gasteiger partial charge in [-0.1, -0.05) is 36.8 Å². The summed E-state index contributed by atoms with van der Waals surface area (Å²) in [7, 11) is 2.04. The molecule has 76 valence electrons. The number of nitrogens with one attached hydrogen (secondary N) is 1. The first-order valence-corrected chi connectivity index (χ1v) is 5.38. The molecule has 14 heavy (non-hydrogen) atoms. The van der Waals surface area contributed by atoms with Gasteiger partial charge in [0, 0.05) is 0 Å². The molecule has 2 unspecified atom stereocenters. The van der Waals surface area contributed by atoms with Crippen molar-refractivity contribution >= 4 is 0 Å². The second-order valence-electron chi connectivity index (χ2n) is 4.75. The first-order chi connectivity index (χ1) is 6.66. The second-order valence-corrected chi connectivity index (χ2v) is 4.75. The van der Waals surface area contributed by atoms with Crippen LogP contribution in [0.25, 0.3) is 0 Å². The maximum absolute atomic E-state index is 3.27. The number of hydrogen-bond acceptors (Lipinski definition) is 1. The monoisotopic (exact) mass is 189 g/mol. The van der Waals surface area contributed by atoms with E-state index in [1.165, 1.54) is 17.5 Å². The fraction of sp³-hybridized carbons (Fsp3) is 0.538. The fourth-order valence-corrected chi connectivity index (χ4v) is 2.35. The summed E-state index contributed by atoms with van der Waals surface area (Å²) >= 11 is 0. The SMILES string of the molecule is CNCC1CC1(C)c1cccc(C)c1. The normalized spacial score (nSPS) is 30.4. The van der Waals surface area contributed by atoms with Gasteiger partial charge in [0.15, 0.2) is 0 Å². The first kappa shape index (κ1) is 9.72.